The molecule has 5 nitrogen and oxygen atoms in total. The van der Waals surface area contributed by atoms with Gasteiger partial charge in [0.25, 0.3) is 5.91 Å². The zero-order valence-electron chi connectivity index (χ0n) is 7.34. The normalized spacial score (nSPS) is 9.75. The van der Waals surface area contributed by atoms with Gasteiger partial charge in [-0.2, -0.15) is 0 Å². The molecule has 2 N–H and O–H groups in total. The number of benzene rings is 1. The number of halogens is 4. The Hall–Kier alpha value is -2.28. The Kier molecular flexibility index (Phi) is 3.00. The third kappa shape index (κ3) is 1.63. The predicted molar refractivity (Wildman–Crippen MR) is 43.6 cm³/mol. The molecule has 0 heterocycles. The second-order valence-corrected chi connectivity index (χ2v) is 2.53. The zero-order valence-corrected chi connectivity index (χ0v) is 7.34. The molecule has 1 amide bonds. The first-order chi connectivity index (χ1) is 7.41. The maximum atomic E-state index is 13.0. The van der Waals surface area contributed by atoms with Crippen molar-refractivity contribution >= 4 is 11.6 Å². The second-order valence-electron chi connectivity index (χ2n) is 2.53. The van der Waals surface area contributed by atoms with Gasteiger partial charge in [-0.3, -0.25) is 4.79 Å². The fourth-order valence-electron chi connectivity index (χ4n) is 0.984. The molecular weight excluding hydrogens is 232 g/mol. The van der Waals surface area contributed by atoms with E-state index < -0.39 is 40.4 Å². The highest BCUT2D eigenvalue weighted by Crippen LogP contribution is 2.30. The molecule has 84 valence electrons. The van der Waals surface area contributed by atoms with Crippen LogP contribution in [0.3, 0.4) is 0 Å². The lowest BCUT2D eigenvalue weighted by Crippen LogP contribution is -2.16. The van der Waals surface area contributed by atoms with Crippen LogP contribution in [0.4, 0.5) is 23.2 Å². The molecule has 0 unspecified atom stereocenters. The van der Waals surface area contributed by atoms with E-state index in [1.165, 1.54) is 0 Å². The summed E-state index contributed by atoms with van der Waals surface area (Å²) in [4.78, 5) is 12.7. The molecule has 0 saturated heterocycles. The van der Waals surface area contributed by atoms with Gasteiger partial charge in [-0.05, 0) is 5.53 Å². The van der Waals surface area contributed by atoms with Crippen LogP contribution in [0.2, 0.25) is 0 Å². The lowest BCUT2D eigenvalue weighted by Gasteiger charge is -2.06. The quantitative estimate of drug-likeness (QED) is 0.208. The molecule has 0 aliphatic heterocycles. The van der Waals surface area contributed by atoms with Gasteiger partial charge in [0, 0.05) is 4.91 Å². The third-order valence-electron chi connectivity index (χ3n) is 1.63. The van der Waals surface area contributed by atoms with Gasteiger partial charge in [0.05, 0.1) is 11.3 Å². The van der Waals surface area contributed by atoms with E-state index in [2.05, 4.69) is 10.8 Å². The molecule has 0 saturated carbocycles. The molecule has 1 aromatic carbocycles. The minimum atomic E-state index is -2.21. The first-order valence-electron chi connectivity index (χ1n) is 3.62. The highest BCUT2D eigenvalue weighted by Gasteiger charge is 2.27. The molecular formula is C7H2F4N4O. The molecule has 0 aliphatic carbocycles. The van der Waals surface area contributed by atoms with Gasteiger partial charge in [0.15, 0.2) is 23.3 Å². The molecule has 1 aromatic rings. The molecule has 0 fully saturated rings. The summed E-state index contributed by atoms with van der Waals surface area (Å²) in [7, 11) is 0. The SMILES string of the molecule is [N-]=[N+]=Nc1c(F)c(F)c(F)c(F)c1C(N)=O. The standard InChI is InChI=1S/C7H2F4N4O/c8-2-1(7(12)16)6(14-15-13)5(11)4(10)3(2)9/h(H2,12,16). The lowest BCUT2D eigenvalue weighted by atomic mass is 10.1. The van der Waals surface area contributed by atoms with Crippen LogP contribution in [0.1, 0.15) is 10.4 Å². The molecule has 0 atom stereocenters. The van der Waals surface area contributed by atoms with E-state index in [1.807, 2.05) is 4.91 Å². The van der Waals surface area contributed by atoms with E-state index in [1.54, 1.807) is 0 Å². The summed E-state index contributed by atoms with van der Waals surface area (Å²) in [6.45, 7) is 0. The molecule has 0 aromatic heterocycles. The minimum absolute atomic E-state index is 1.31. The fraction of sp³-hybridized carbons (Fsp3) is 0. The highest BCUT2D eigenvalue weighted by molar-refractivity contribution is 5.98. The number of amides is 1. The number of hydrogen-bond acceptors (Lipinski definition) is 2. The van der Waals surface area contributed by atoms with Crippen LogP contribution in [0.5, 0.6) is 0 Å². The predicted octanol–water partition coefficient (Wildman–Crippen LogP) is 2.28. The Bertz CT molecular complexity index is 491. The second kappa shape index (κ2) is 4.07. The van der Waals surface area contributed by atoms with Gasteiger partial charge in [0.1, 0.15) is 0 Å². The van der Waals surface area contributed by atoms with E-state index >= 15 is 0 Å². The first-order valence-corrected chi connectivity index (χ1v) is 3.62. The summed E-state index contributed by atoms with van der Waals surface area (Å²) in [5, 5.41) is 2.55. The molecule has 0 radical (unpaired) electrons. The molecule has 16 heavy (non-hydrogen) atoms. The van der Waals surface area contributed by atoms with Gasteiger partial charge >= 0.3 is 0 Å². The molecule has 0 bridgehead atoms. The van der Waals surface area contributed by atoms with Crippen molar-refractivity contribution in [3.8, 4) is 0 Å². The number of hydrogen-bond donors (Lipinski definition) is 1. The van der Waals surface area contributed by atoms with Crippen molar-refractivity contribution in [2.24, 2.45) is 10.8 Å². The van der Waals surface area contributed by atoms with E-state index in [0.29, 0.717) is 0 Å². The third-order valence-corrected chi connectivity index (χ3v) is 1.63. The number of carbonyl (C=O) groups excluding carboxylic acids is 1. The fourth-order valence-corrected chi connectivity index (χ4v) is 0.984. The number of rotatable bonds is 2. The average molecular weight is 234 g/mol. The van der Waals surface area contributed by atoms with Crippen LogP contribution >= 0.6 is 0 Å². The van der Waals surface area contributed by atoms with E-state index in [4.69, 9.17) is 5.53 Å². The Labute approximate surface area is 85.1 Å². The van der Waals surface area contributed by atoms with E-state index in [9.17, 15) is 22.4 Å². The van der Waals surface area contributed by atoms with Crippen LogP contribution in [-0.4, -0.2) is 5.91 Å². The maximum absolute atomic E-state index is 13.0. The summed E-state index contributed by atoms with van der Waals surface area (Å²) < 4.78 is 51.4. The number of azide groups is 1. The Morgan fingerprint density at radius 3 is 2.06 bits per heavy atom. The Morgan fingerprint density at radius 1 is 1.12 bits per heavy atom. The van der Waals surface area contributed by atoms with Crippen LogP contribution in [-0.2, 0) is 0 Å². The minimum Gasteiger partial charge on any atom is -0.365 e. The Morgan fingerprint density at radius 2 is 1.62 bits per heavy atom. The van der Waals surface area contributed by atoms with Crippen LogP contribution in [0.15, 0.2) is 5.11 Å². The van der Waals surface area contributed by atoms with Gasteiger partial charge in [-0.1, -0.05) is 5.11 Å². The summed E-state index contributed by atoms with van der Waals surface area (Å²) in [6.07, 6.45) is 0. The Balaban J connectivity index is 3.82. The van der Waals surface area contributed by atoms with Gasteiger partial charge < -0.3 is 5.73 Å². The van der Waals surface area contributed by atoms with Crippen molar-refractivity contribution < 1.29 is 22.4 Å². The highest BCUT2D eigenvalue weighted by atomic mass is 19.2. The van der Waals surface area contributed by atoms with Crippen molar-refractivity contribution in [1.82, 2.24) is 0 Å². The van der Waals surface area contributed by atoms with Crippen LogP contribution in [0, 0.1) is 23.3 Å². The zero-order chi connectivity index (χ0) is 12.5. The van der Waals surface area contributed by atoms with Crippen LogP contribution < -0.4 is 5.73 Å². The molecule has 0 spiro atoms. The first kappa shape index (κ1) is 11.8. The lowest BCUT2D eigenvalue weighted by molar-refractivity contribution is 0.0995. The summed E-state index contributed by atoms with van der Waals surface area (Å²) >= 11 is 0. The smallest absolute Gasteiger partial charge is 0.252 e. The number of nitrogens with two attached hydrogens (primary N) is 1. The monoisotopic (exact) mass is 234 g/mol. The van der Waals surface area contributed by atoms with Gasteiger partial charge in [-0.15, -0.1) is 0 Å². The number of nitrogens with zero attached hydrogens (tertiary/aromatic N) is 3. The van der Waals surface area contributed by atoms with Crippen molar-refractivity contribution in [1.29, 1.82) is 0 Å². The molecule has 0 aliphatic rings. The molecule has 9 heteroatoms. The van der Waals surface area contributed by atoms with E-state index in [0.717, 1.165) is 0 Å². The van der Waals surface area contributed by atoms with Crippen molar-refractivity contribution in [3.63, 3.8) is 0 Å². The summed E-state index contributed by atoms with van der Waals surface area (Å²) in [6, 6.07) is 0. The van der Waals surface area contributed by atoms with Crippen molar-refractivity contribution in [2.45, 2.75) is 0 Å². The van der Waals surface area contributed by atoms with Crippen molar-refractivity contribution in [2.75, 3.05) is 0 Å². The summed E-state index contributed by atoms with van der Waals surface area (Å²) in [5.41, 5.74) is 9.97. The number of carbonyl (C=O) groups is 1. The van der Waals surface area contributed by atoms with Crippen molar-refractivity contribution in [3.05, 3.63) is 39.3 Å². The average Bonchev–Trinajstić information content (AvgIpc) is 2.23. The summed E-state index contributed by atoms with van der Waals surface area (Å²) in [5.74, 6) is -9.97. The molecule has 1 rings (SSSR count). The topological polar surface area (TPSA) is 91.8 Å². The van der Waals surface area contributed by atoms with Gasteiger partial charge in [-0.25, -0.2) is 17.6 Å². The number of primary amides is 1. The largest absolute Gasteiger partial charge is 0.365 e. The maximum Gasteiger partial charge on any atom is 0.252 e. The van der Waals surface area contributed by atoms with E-state index in [-0.39, 0.29) is 0 Å². The van der Waals surface area contributed by atoms with Gasteiger partial charge in [0.2, 0.25) is 0 Å². The van der Waals surface area contributed by atoms with Crippen LogP contribution in [0.25, 0.3) is 10.4 Å².